The van der Waals surface area contributed by atoms with Crippen LogP contribution in [0, 0.1) is 5.82 Å². The highest BCUT2D eigenvalue weighted by atomic mass is 19.1. The zero-order valence-corrected chi connectivity index (χ0v) is 17.0. The average Bonchev–Trinajstić information content (AvgIpc) is 3.35. The van der Waals surface area contributed by atoms with E-state index < -0.39 is 36.2 Å². The first-order valence-corrected chi connectivity index (χ1v) is 9.73. The lowest BCUT2D eigenvalue weighted by atomic mass is 10.2. The maximum absolute atomic E-state index is 13.7. The lowest BCUT2D eigenvalue weighted by Gasteiger charge is -2.12. The Bertz CT molecular complexity index is 1300. The summed E-state index contributed by atoms with van der Waals surface area (Å²) in [5.74, 6) is -3.13. The maximum Gasteiger partial charge on any atom is 0.335 e. The van der Waals surface area contributed by atoms with Crippen LogP contribution in [0.1, 0.15) is 16.1 Å². The Morgan fingerprint density at radius 1 is 1.03 bits per heavy atom. The number of urea groups is 1. The lowest BCUT2D eigenvalue weighted by molar-refractivity contribution is -0.127. The second kappa shape index (κ2) is 8.79. The van der Waals surface area contributed by atoms with Crippen LogP contribution in [0.4, 0.5) is 14.9 Å². The van der Waals surface area contributed by atoms with Gasteiger partial charge < -0.3 is 20.3 Å². The molecule has 9 nitrogen and oxygen atoms in total. The lowest BCUT2D eigenvalue weighted by Crippen LogP contribution is -2.38. The van der Waals surface area contributed by atoms with Crippen LogP contribution in [-0.4, -0.2) is 44.9 Å². The number of carbonyl (C=O) groups is 4. The molecular formula is C23H17FN4O5. The molecule has 0 unspecified atom stereocenters. The summed E-state index contributed by atoms with van der Waals surface area (Å²) in [6.07, 6.45) is 3.16. The van der Waals surface area contributed by atoms with Gasteiger partial charge in [0.15, 0.2) is 0 Å². The minimum atomic E-state index is -1.05. The molecule has 0 radical (unpaired) electrons. The van der Waals surface area contributed by atoms with E-state index in [1.54, 1.807) is 35.0 Å². The van der Waals surface area contributed by atoms with Crippen LogP contribution < -0.4 is 10.6 Å². The van der Waals surface area contributed by atoms with Gasteiger partial charge in [-0.3, -0.25) is 9.59 Å². The number of hydrogen-bond donors (Lipinski definition) is 3. The predicted molar refractivity (Wildman–Crippen MR) is 116 cm³/mol. The third-order valence-corrected chi connectivity index (χ3v) is 4.88. The molecule has 3 N–H and O–H groups in total. The van der Waals surface area contributed by atoms with Crippen LogP contribution in [0.2, 0.25) is 0 Å². The van der Waals surface area contributed by atoms with Crippen molar-refractivity contribution < 1.29 is 28.7 Å². The number of carbonyl (C=O) groups excluding carboxylic acids is 3. The number of carboxylic acids is 1. The number of rotatable bonds is 6. The first-order valence-electron chi connectivity index (χ1n) is 9.73. The van der Waals surface area contributed by atoms with Gasteiger partial charge in [-0.05, 0) is 54.6 Å². The third-order valence-electron chi connectivity index (χ3n) is 4.88. The van der Waals surface area contributed by atoms with E-state index in [1.807, 2.05) is 0 Å². The van der Waals surface area contributed by atoms with Crippen molar-refractivity contribution in [1.29, 1.82) is 0 Å². The molecule has 4 rings (SSSR count). The normalized spacial score (nSPS) is 14.5. The minimum absolute atomic E-state index is 0.0409. The number of anilines is 1. The van der Waals surface area contributed by atoms with Crippen molar-refractivity contribution in [3.05, 3.63) is 89.6 Å². The van der Waals surface area contributed by atoms with Crippen molar-refractivity contribution >= 4 is 35.6 Å². The fraction of sp³-hybridized carbons (Fsp3) is 0.0435. The fourth-order valence-electron chi connectivity index (χ4n) is 3.27. The third kappa shape index (κ3) is 4.49. The number of para-hydroxylation sites is 1. The highest BCUT2D eigenvalue weighted by Crippen LogP contribution is 2.19. The van der Waals surface area contributed by atoms with Crippen molar-refractivity contribution in [2.45, 2.75) is 0 Å². The van der Waals surface area contributed by atoms with E-state index >= 15 is 0 Å². The van der Waals surface area contributed by atoms with Crippen molar-refractivity contribution in [3.8, 4) is 5.69 Å². The molecule has 166 valence electrons. The average molecular weight is 448 g/mol. The second-order valence-electron chi connectivity index (χ2n) is 7.06. The highest BCUT2D eigenvalue weighted by Gasteiger charge is 2.35. The van der Waals surface area contributed by atoms with Crippen LogP contribution >= 0.6 is 0 Å². The highest BCUT2D eigenvalue weighted by molar-refractivity contribution is 6.15. The number of aromatic carboxylic acids is 1. The van der Waals surface area contributed by atoms with Gasteiger partial charge in [0.05, 0.1) is 11.3 Å². The van der Waals surface area contributed by atoms with E-state index in [0.717, 1.165) is 4.90 Å². The molecule has 3 aromatic rings. The summed E-state index contributed by atoms with van der Waals surface area (Å²) in [5.41, 5.74) is 1.22. The van der Waals surface area contributed by atoms with Gasteiger partial charge in [0.1, 0.15) is 18.1 Å². The molecule has 1 aliphatic rings. The summed E-state index contributed by atoms with van der Waals surface area (Å²) in [5, 5.41) is 13.8. The van der Waals surface area contributed by atoms with Crippen molar-refractivity contribution in [1.82, 2.24) is 14.8 Å². The van der Waals surface area contributed by atoms with Gasteiger partial charge in [-0.2, -0.15) is 0 Å². The number of benzene rings is 2. The Hall–Kier alpha value is -4.73. The van der Waals surface area contributed by atoms with E-state index in [9.17, 15) is 23.6 Å². The Morgan fingerprint density at radius 3 is 2.45 bits per heavy atom. The van der Waals surface area contributed by atoms with Crippen LogP contribution in [0.25, 0.3) is 11.8 Å². The van der Waals surface area contributed by atoms with Crippen LogP contribution in [0.3, 0.4) is 0 Å². The van der Waals surface area contributed by atoms with Gasteiger partial charge >= 0.3 is 12.0 Å². The zero-order valence-electron chi connectivity index (χ0n) is 17.0. The van der Waals surface area contributed by atoms with Gasteiger partial charge in [-0.1, -0.05) is 12.1 Å². The number of imide groups is 1. The molecule has 1 fully saturated rings. The van der Waals surface area contributed by atoms with E-state index in [1.165, 1.54) is 42.5 Å². The summed E-state index contributed by atoms with van der Waals surface area (Å²) in [6.45, 7) is -0.589. The molecule has 0 spiro atoms. The maximum atomic E-state index is 13.7. The summed E-state index contributed by atoms with van der Waals surface area (Å²) in [4.78, 5) is 49.0. The van der Waals surface area contributed by atoms with Crippen LogP contribution in [0.5, 0.6) is 0 Å². The first-order chi connectivity index (χ1) is 15.8. The summed E-state index contributed by atoms with van der Waals surface area (Å²) in [6, 6.07) is 14.3. The molecule has 0 aliphatic carbocycles. The number of halogens is 1. The van der Waals surface area contributed by atoms with Crippen LogP contribution in [0.15, 0.2) is 72.6 Å². The molecule has 1 saturated heterocycles. The second-order valence-corrected chi connectivity index (χ2v) is 7.06. The van der Waals surface area contributed by atoms with E-state index in [-0.39, 0.29) is 16.9 Å². The number of nitrogens with one attached hydrogen (secondary N) is 2. The Kier molecular flexibility index (Phi) is 5.73. The quantitative estimate of drug-likeness (QED) is 0.396. The molecular weight excluding hydrogens is 431 g/mol. The minimum Gasteiger partial charge on any atom is -0.478 e. The topological polar surface area (TPSA) is 121 Å². The zero-order chi connectivity index (χ0) is 23.5. The van der Waals surface area contributed by atoms with Gasteiger partial charge in [-0.25, -0.2) is 18.9 Å². The van der Waals surface area contributed by atoms with E-state index in [0.29, 0.717) is 11.4 Å². The van der Waals surface area contributed by atoms with Crippen molar-refractivity contribution in [3.63, 3.8) is 0 Å². The van der Waals surface area contributed by atoms with Gasteiger partial charge in [0.25, 0.3) is 5.91 Å². The van der Waals surface area contributed by atoms with Crippen molar-refractivity contribution in [2.75, 3.05) is 11.9 Å². The predicted octanol–water partition coefficient (Wildman–Crippen LogP) is 2.85. The smallest absolute Gasteiger partial charge is 0.335 e. The number of nitrogens with zero attached hydrogens (tertiary/aromatic N) is 2. The standard InChI is InChI=1S/C23H17FN4O5/c24-17-5-1-2-6-18(17)25-20(29)13-28-21(30)19(26-23(28)33)12-16-4-3-11-27(16)15-9-7-14(8-10-15)22(31)32/h1-12H,13H2,(H,25,29)(H,26,33)(H,31,32)/b19-12+. The van der Waals surface area contributed by atoms with Gasteiger partial charge in [-0.15, -0.1) is 0 Å². The first kappa shape index (κ1) is 21.5. The molecule has 4 amide bonds. The molecule has 1 aromatic heterocycles. The monoisotopic (exact) mass is 448 g/mol. The Morgan fingerprint density at radius 2 is 1.76 bits per heavy atom. The summed E-state index contributed by atoms with van der Waals surface area (Å²) in [7, 11) is 0. The molecule has 33 heavy (non-hydrogen) atoms. The molecule has 2 aromatic carbocycles. The summed E-state index contributed by atoms with van der Waals surface area (Å²) >= 11 is 0. The summed E-state index contributed by atoms with van der Waals surface area (Å²) < 4.78 is 15.4. The molecule has 1 aliphatic heterocycles. The number of aromatic nitrogens is 1. The van der Waals surface area contributed by atoms with Gasteiger partial charge in [0.2, 0.25) is 5.91 Å². The Labute approximate surface area is 186 Å². The SMILES string of the molecule is O=C(CN1C(=O)N/C(=C/c2cccn2-c2ccc(C(=O)O)cc2)C1=O)Nc1ccccc1F. The number of carboxylic acid groups (broad SMARTS) is 1. The van der Waals surface area contributed by atoms with Crippen molar-refractivity contribution in [2.24, 2.45) is 0 Å². The molecule has 0 bridgehead atoms. The number of hydrogen-bond acceptors (Lipinski definition) is 4. The molecule has 2 heterocycles. The largest absolute Gasteiger partial charge is 0.478 e. The molecule has 0 atom stereocenters. The fourth-order valence-corrected chi connectivity index (χ4v) is 3.27. The number of amides is 4. The van der Waals surface area contributed by atoms with Crippen LogP contribution in [-0.2, 0) is 9.59 Å². The molecule has 0 saturated carbocycles. The van der Waals surface area contributed by atoms with E-state index in [2.05, 4.69) is 10.6 Å². The van der Waals surface area contributed by atoms with Gasteiger partial charge in [0, 0.05) is 17.6 Å². The molecule has 10 heteroatoms. The Balaban J connectivity index is 1.51. The van der Waals surface area contributed by atoms with E-state index in [4.69, 9.17) is 5.11 Å².